The molecule has 1 unspecified atom stereocenters. The predicted molar refractivity (Wildman–Crippen MR) is 70.5 cm³/mol. The van der Waals surface area contributed by atoms with Crippen molar-refractivity contribution in [3.05, 3.63) is 23.9 Å². The molecule has 0 saturated carbocycles. The topological polar surface area (TPSA) is 35.5 Å². The minimum absolute atomic E-state index is 0.323. The quantitative estimate of drug-likeness (QED) is 0.733. The van der Waals surface area contributed by atoms with Crippen LogP contribution >= 0.6 is 0 Å². The average Bonchev–Trinajstić information content (AvgIpc) is 2.41. The SMILES string of the molecule is CCC(O)N(C1=CC=CCC1)C1CCNCC1. The summed E-state index contributed by atoms with van der Waals surface area (Å²) in [4.78, 5) is 2.27. The van der Waals surface area contributed by atoms with Crippen LogP contribution in [0.15, 0.2) is 23.9 Å². The molecule has 0 aromatic heterocycles. The molecule has 3 heteroatoms. The van der Waals surface area contributed by atoms with Gasteiger partial charge in [0.15, 0.2) is 0 Å². The number of nitrogens with zero attached hydrogens (tertiary/aromatic N) is 1. The van der Waals surface area contributed by atoms with E-state index in [2.05, 4.69) is 35.4 Å². The van der Waals surface area contributed by atoms with Crippen molar-refractivity contribution < 1.29 is 5.11 Å². The fourth-order valence-corrected chi connectivity index (χ4v) is 2.76. The molecule has 0 spiro atoms. The maximum Gasteiger partial charge on any atom is 0.126 e. The Bertz CT molecular complexity index is 293. The highest BCUT2D eigenvalue weighted by Gasteiger charge is 2.27. The standard InChI is InChI=1S/C14H24N2O/c1-2-14(17)16(12-6-4-3-5-7-12)13-8-10-15-11-9-13/h3-4,6,13-15,17H,2,5,7-11H2,1H3. The molecule has 1 heterocycles. The first-order valence-corrected chi connectivity index (χ1v) is 6.85. The minimum Gasteiger partial charge on any atom is -0.374 e. The van der Waals surface area contributed by atoms with Crippen LogP contribution in [0.2, 0.25) is 0 Å². The lowest BCUT2D eigenvalue weighted by molar-refractivity contribution is -0.0120. The number of hydrogen-bond donors (Lipinski definition) is 2. The molecule has 0 aromatic rings. The van der Waals surface area contributed by atoms with Gasteiger partial charge in [0.1, 0.15) is 6.23 Å². The van der Waals surface area contributed by atoms with Crippen LogP contribution in [0.5, 0.6) is 0 Å². The van der Waals surface area contributed by atoms with E-state index in [4.69, 9.17) is 0 Å². The Hall–Kier alpha value is -0.800. The second-order valence-corrected chi connectivity index (χ2v) is 4.90. The third-order valence-electron chi connectivity index (χ3n) is 3.71. The van der Waals surface area contributed by atoms with E-state index in [0.717, 1.165) is 45.2 Å². The van der Waals surface area contributed by atoms with E-state index in [9.17, 15) is 5.11 Å². The summed E-state index contributed by atoms with van der Waals surface area (Å²) in [5, 5.41) is 13.7. The molecule has 17 heavy (non-hydrogen) atoms. The maximum absolute atomic E-state index is 10.3. The van der Waals surface area contributed by atoms with Crippen LogP contribution < -0.4 is 5.32 Å². The molecule has 3 nitrogen and oxygen atoms in total. The number of rotatable bonds is 4. The van der Waals surface area contributed by atoms with Gasteiger partial charge in [-0.25, -0.2) is 0 Å². The number of allylic oxidation sites excluding steroid dienone is 4. The molecule has 0 bridgehead atoms. The summed E-state index contributed by atoms with van der Waals surface area (Å²) in [5.41, 5.74) is 1.31. The van der Waals surface area contributed by atoms with Gasteiger partial charge < -0.3 is 15.3 Å². The van der Waals surface area contributed by atoms with Crippen LogP contribution in [0, 0.1) is 0 Å². The fourth-order valence-electron chi connectivity index (χ4n) is 2.76. The summed E-state index contributed by atoms with van der Waals surface area (Å²) >= 11 is 0. The third-order valence-corrected chi connectivity index (χ3v) is 3.71. The van der Waals surface area contributed by atoms with E-state index in [1.807, 2.05) is 0 Å². The molecule has 2 N–H and O–H groups in total. The number of nitrogens with one attached hydrogen (secondary N) is 1. The Kier molecular flexibility index (Phi) is 4.63. The highest BCUT2D eigenvalue weighted by Crippen LogP contribution is 2.26. The van der Waals surface area contributed by atoms with E-state index in [0.29, 0.717) is 6.04 Å². The molecular weight excluding hydrogens is 212 g/mol. The first-order valence-electron chi connectivity index (χ1n) is 6.85. The second kappa shape index (κ2) is 6.22. The van der Waals surface area contributed by atoms with Gasteiger partial charge in [0.2, 0.25) is 0 Å². The molecule has 0 amide bonds. The molecule has 1 aliphatic heterocycles. The minimum atomic E-state index is -0.323. The zero-order valence-electron chi connectivity index (χ0n) is 10.7. The molecule has 1 aliphatic carbocycles. The van der Waals surface area contributed by atoms with Gasteiger partial charge in [-0.2, -0.15) is 0 Å². The second-order valence-electron chi connectivity index (χ2n) is 4.90. The Morgan fingerprint density at radius 1 is 1.47 bits per heavy atom. The largest absolute Gasteiger partial charge is 0.374 e. The Morgan fingerprint density at radius 2 is 2.24 bits per heavy atom. The molecule has 96 valence electrons. The Balaban J connectivity index is 2.11. The third kappa shape index (κ3) is 3.11. The van der Waals surface area contributed by atoms with Crippen molar-refractivity contribution in [3.8, 4) is 0 Å². The van der Waals surface area contributed by atoms with Crippen molar-refractivity contribution in [1.82, 2.24) is 10.2 Å². The lowest BCUT2D eigenvalue weighted by Crippen LogP contribution is -2.47. The number of aliphatic hydroxyl groups excluding tert-OH is 1. The lowest BCUT2D eigenvalue weighted by atomic mass is 10.0. The van der Waals surface area contributed by atoms with Gasteiger partial charge >= 0.3 is 0 Å². The fraction of sp³-hybridized carbons (Fsp3) is 0.714. The molecular formula is C14H24N2O. The van der Waals surface area contributed by atoms with Crippen molar-refractivity contribution in [1.29, 1.82) is 0 Å². The molecule has 2 rings (SSSR count). The molecule has 1 saturated heterocycles. The first kappa shape index (κ1) is 12.7. The lowest BCUT2D eigenvalue weighted by Gasteiger charge is -2.41. The van der Waals surface area contributed by atoms with Crippen LogP contribution in [-0.2, 0) is 0 Å². The van der Waals surface area contributed by atoms with Crippen LogP contribution in [0.1, 0.15) is 39.0 Å². The van der Waals surface area contributed by atoms with E-state index in [-0.39, 0.29) is 6.23 Å². The van der Waals surface area contributed by atoms with Crippen molar-refractivity contribution in [2.45, 2.75) is 51.3 Å². The van der Waals surface area contributed by atoms with E-state index in [1.54, 1.807) is 0 Å². The smallest absolute Gasteiger partial charge is 0.126 e. The average molecular weight is 236 g/mol. The summed E-state index contributed by atoms with van der Waals surface area (Å²) < 4.78 is 0. The van der Waals surface area contributed by atoms with Crippen molar-refractivity contribution in [2.24, 2.45) is 0 Å². The van der Waals surface area contributed by atoms with Crippen LogP contribution in [0.25, 0.3) is 0 Å². The van der Waals surface area contributed by atoms with Gasteiger partial charge in [-0.3, -0.25) is 0 Å². The normalized spacial score (nSPS) is 23.3. The van der Waals surface area contributed by atoms with Crippen LogP contribution in [-0.4, -0.2) is 35.4 Å². The van der Waals surface area contributed by atoms with Gasteiger partial charge in [-0.05, 0) is 51.3 Å². The summed E-state index contributed by atoms with van der Waals surface area (Å²) in [7, 11) is 0. The number of piperidine rings is 1. The van der Waals surface area contributed by atoms with Gasteiger partial charge in [0.05, 0.1) is 0 Å². The molecule has 0 aromatic carbocycles. The predicted octanol–water partition coefficient (Wildman–Crippen LogP) is 2.00. The van der Waals surface area contributed by atoms with Gasteiger partial charge in [-0.15, -0.1) is 0 Å². The summed E-state index contributed by atoms with van der Waals surface area (Å²) in [6.45, 7) is 4.19. The van der Waals surface area contributed by atoms with Crippen molar-refractivity contribution in [3.63, 3.8) is 0 Å². The van der Waals surface area contributed by atoms with Crippen LogP contribution in [0.3, 0.4) is 0 Å². The van der Waals surface area contributed by atoms with E-state index < -0.39 is 0 Å². The Labute approximate surface area is 104 Å². The van der Waals surface area contributed by atoms with Gasteiger partial charge in [0.25, 0.3) is 0 Å². The zero-order valence-corrected chi connectivity index (χ0v) is 10.7. The first-order chi connectivity index (χ1) is 8.33. The number of aliphatic hydroxyl groups is 1. The summed E-state index contributed by atoms with van der Waals surface area (Å²) in [5.74, 6) is 0. The van der Waals surface area contributed by atoms with Gasteiger partial charge in [-0.1, -0.05) is 19.1 Å². The van der Waals surface area contributed by atoms with Gasteiger partial charge in [0, 0.05) is 11.7 Å². The van der Waals surface area contributed by atoms with Crippen molar-refractivity contribution in [2.75, 3.05) is 13.1 Å². The highest BCUT2D eigenvalue weighted by atomic mass is 16.3. The molecule has 0 radical (unpaired) electrons. The highest BCUT2D eigenvalue weighted by molar-refractivity contribution is 5.18. The van der Waals surface area contributed by atoms with E-state index in [1.165, 1.54) is 5.70 Å². The summed E-state index contributed by atoms with van der Waals surface area (Å²) in [6, 6.07) is 0.504. The molecule has 2 aliphatic rings. The molecule has 1 fully saturated rings. The number of hydrogen-bond acceptors (Lipinski definition) is 3. The van der Waals surface area contributed by atoms with E-state index >= 15 is 0 Å². The zero-order chi connectivity index (χ0) is 12.1. The Morgan fingerprint density at radius 3 is 2.82 bits per heavy atom. The maximum atomic E-state index is 10.3. The van der Waals surface area contributed by atoms with Crippen LogP contribution in [0.4, 0.5) is 0 Å². The van der Waals surface area contributed by atoms with Crippen molar-refractivity contribution >= 4 is 0 Å². The summed E-state index contributed by atoms with van der Waals surface area (Å²) in [6.07, 6.45) is 11.4. The molecule has 1 atom stereocenters. The monoisotopic (exact) mass is 236 g/mol.